The number of thioether (sulfide) groups is 1. The van der Waals surface area contributed by atoms with Gasteiger partial charge in [-0.25, -0.2) is 4.98 Å². The molecule has 7 nitrogen and oxygen atoms in total. The number of aromatic nitrogens is 3. The summed E-state index contributed by atoms with van der Waals surface area (Å²) in [6.45, 7) is 3.67. The van der Waals surface area contributed by atoms with Crippen LogP contribution in [-0.4, -0.2) is 28.2 Å². The van der Waals surface area contributed by atoms with E-state index in [-0.39, 0.29) is 5.91 Å². The standard InChI is InChI=1S/C23H23N5O2S3/c1-4-16-9-11-18(12-10-16)28(15(2)29)22-24-17(13-31-22)14-32-23-27-26-21(33-23)25-19-7-5-6-8-20(19)30-3/h5-13H,4,14H2,1-3H3,(H,25,26). The predicted molar refractivity (Wildman–Crippen MR) is 137 cm³/mol. The number of para-hydroxylation sites is 2. The lowest BCUT2D eigenvalue weighted by Crippen LogP contribution is -2.22. The Labute approximate surface area is 204 Å². The SMILES string of the molecule is CCc1ccc(N(C(C)=O)c2nc(CSc3nnc(Nc4ccccc4OC)s3)cs2)cc1. The first-order valence-corrected chi connectivity index (χ1v) is 13.0. The van der Waals surface area contributed by atoms with Crippen LogP contribution >= 0.6 is 34.4 Å². The van der Waals surface area contributed by atoms with Crippen LogP contribution in [0.25, 0.3) is 0 Å². The smallest absolute Gasteiger partial charge is 0.230 e. The number of carbonyl (C=O) groups is 1. The number of carbonyl (C=O) groups excluding carboxylic acids is 1. The summed E-state index contributed by atoms with van der Waals surface area (Å²) in [6, 6.07) is 15.7. The molecule has 10 heteroatoms. The van der Waals surface area contributed by atoms with E-state index in [4.69, 9.17) is 9.72 Å². The summed E-state index contributed by atoms with van der Waals surface area (Å²) in [4.78, 5) is 18.7. The van der Waals surface area contributed by atoms with Crippen LogP contribution in [0.5, 0.6) is 5.75 Å². The highest BCUT2D eigenvalue weighted by molar-refractivity contribution is 8.00. The van der Waals surface area contributed by atoms with E-state index >= 15 is 0 Å². The molecule has 0 aliphatic heterocycles. The third-order valence-electron chi connectivity index (χ3n) is 4.75. The van der Waals surface area contributed by atoms with Crippen molar-refractivity contribution in [3.8, 4) is 5.75 Å². The van der Waals surface area contributed by atoms with E-state index in [1.807, 2.05) is 53.9 Å². The first-order chi connectivity index (χ1) is 16.1. The molecule has 0 aliphatic carbocycles. The Hall–Kier alpha value is -2.95. The van der Waals surface area contributed by atoms with Crippen molar-refractivity contribution in [2.45, 2.75) is 30.4 Å². The zero-order valence-corrected chi connectivity index (χ0v) is 20.9. The average molecular weight is 498 g/mol. The molecule has 1 N–H and O–H groups in total. The topological polar surface area (TPSA) is 80.2 Å². The highest BCUT2D eigenvalue weighted by Gasteiger charge is 2.18. The van der Waals surface area contributed by atoms with E-state index in [0.29, 0.717) is 16.0 Å². The molecular weight excluding hydrogens is 474 g/mol. The van der Waals surface area contributed by atoms with Crippen molar-refractivity contribution in [2.24, 2.45) is 0 Å². The number of aryl methyl sites for hydroxylation is 1. The Morgan fingerprint density at radius 1 is 1.15 bits per heavy atom. The van der Waals surface area contributed by atoms with Crippen molar-refractivity contribution in [1.29, 1.82) is 0 Å². The number of amides is 1. The zero-order valence-electron chi connectivity index (χ0n) is 18.4. The molecule has 0 atom stereocenters. The lowest BCUT2D eigenvalue weighted by molar-refractivity contribution is -0.115. The minimum Gasteiger partial charge on any atom is -0.495 e. The van der Waals surface area contributed by atoms with Gasteiger partial charge in [-0.3, -0.25) is 9.69 Å². The number of nitrogens with one attached hydrogen (secondary N) is 1. The van der Waals surface area contributed by atoms with Gasteiger partial charge in [0.05, 0.1) is 24.2 Å². The molecule has 2 aromatic carbocycles. The first kappa shape index (κ1) is 23.2. The number of nitrogens with zero attached hydrogens (tertiary/aromatic N) is 4. The van der Waals surface area contributed by atoms with Crippen LogP contribution in [0.3, 0.4) is 0 Å². The first-order valence-electron chi connectivity index (χ1n) is 10.3. The van der Waals surface area contributed by atoms with E-state index in [2.05, 4.69) is 22.4 Å². The summed E-state index contributed by atoms with van der Waals surface area (Å²) in [5.41, 5.74) is 3.79. The molecule has 0 aliphatic rings. The van der Waals surface area contributed by atoms with Crippen LogP contribution in [0.4, 0.5) is 21.6 Å². The van der Waals surface area contributed by atoms with Crippen LogP contribution < -0.4 is 15.0 Å². The molecule has 0 saturated carbocycles. The molecule has 0 bridgehead atoms. The van der Waals surface area contributed by atoms with Gasteiger partial charge < -0.3 is 10.1 Å². The van der Waals surface area contributed by atoms with E-state index in [0.717, 1.165) is 33.6 Å². The number of anilines is 4. The van der Waals surface area contributed by atoms with E-state index < -0.39 is 0 Å². The molecule has 0 unspecified atom stereocenters. The predicted octanol–water partition coefficient (Wildman–Crippen LogP) is 6.29. The lowest BCUT2D eigenvalue weighted by Gasteiger charge is -2.18. The minimum absolute atomic E-state index is 0.0658. The van der Waals surface area contributed by atoms with Gasteiger partial charge in [-0.15, -0.1) is 21.5 Å². The van der Waals surface area contributed by atoms with Crippen molar-refractivity contribution in [1.82, 2.24) is 15.2 Å². The van der Waals surface area contributed by atoms with Gasteiger partial charge in [-0.2, -0.15) is 0 Å². The average Bonchev–Trinajstić information content (AvgIpc) is 3.48. The number of methoxy groups -OCH3 is 1. The van der Waals surface area contributed by atoms with Gasteiger partial charge in [0.15, 0.2) is 9.47 Å². The molecule has 0 spiro atoms. The molecule has 0 radical (unpaired) electrons. The van der Waals surface area contributed by atoms with Crippen LogP contribution in [0, 0.1) is 0 Å². The molecule has 2 aromatic heterocycles. The lowest BCUT2D eigenvalue weighted by atomic mass is 10.1. The van der Waals surface area contributed by atoms with Crippen LogP contribution in [0.15, 0.2) is 58.3 Å². The third-order valence-corrected chi connectivity index (χ3v) is 7.63. The van der Waals surface area contributed by atoms with Gasteiger partial charge in [0, 0.05) is 18.1 Å². The summed E-state index contributed by atoms with van der Waals surface area (Å²) in [7, 11) is 1.64. The van der Waals surface area contributed by atoms with E-state index in [1.54, 1.807) is 30.7 Å². The monoisotopic (exact) mass is 497 g/mol. The number of hydrogen-bond donors (Lipinski definition) is 1. The summed E-state index contributed by atoms with van der Waals surface area (Å²) in [5.74, 6) is 1.32. The van der Waals surface area contributed by atoms with Crippen LogP contribution in [-0.2, 0) is 17.0 Å². The van der Waals surface area contributed by atoms with Gasteiger partial charge in [0.1, 0.15) is 5.75 Å². The Morgan fingerprint density at radius 3 is 2.67 bits per heavy atom. The normalized spacial score (nSPS) is 10.8. The van der Waals surface area contributed by atoms with Crippen LogP contribution in [0.2, 0.25) is 0 Å². The van der Waals surface area contributed by atoms with Crippen molar-refractivity contribution in [3.05, 3.63) is 65.2 Å². The maximum Gasteiger partial charge on any atom is 0.230 e. The van der Waals surface area contributed by atoms with Crippen LogP contribution in [0.1, 0.15) is 25.1 Å². The molecule has 170 valence electrons. The molecular formula is C23H23N5O2S3. The zero-order chi connectivity index (χ0) is 23.2. The number of hydrogen-bond acceptors (Lipinski definition) is 9. The molecule has 33 heavy (non-hydrogen) atoms. The largest absolute Gasteiger partial charge is 0.495 e. The molecule has 0 fully saturated rings. The van der Waals surface area contributed by atoms with Gasteiger partial charge in [-0.05, 0) is 36.2 Å². The van der Waals surface area contributed by atoms with E-state index in [1.165, 1.54) is 28.2 Å². The second kappa shape index (κ2) is 10.8. The third kappa shape index (κ3) is 5.70. The van der Waals surface area contributed by atoms with Crippen molar-refractivity contribution in [2.75, 3.05) is 17.3 Å². The number of benzene rings is 2. The minimum atomic E-state index is -0.0658. The second-order valence-corrected chi connectivity index (χ2v) is 10.0. The molecule has 4 rings (SSSR count). The Balaban J connectivity index is 1.41. The quantitative estimate of drug-likeness (QED) is 0.272. The fourth-order valence-corrected chi connectivity index (χ4v) is 5.74. The Bertz CT molecular complexity index is 1220. The van der Waals surface area contributed by atoms with Gasteiger partial charge in [0.25, 0.3) is 0 Å². The molecule has 1 amide bonds. The number of thiazole rings is 1. The maximum atomic E-state index is 12.3. The van der Waals surface area contributed by atoms with Gasteiger partial charge in [-0.1, -0.05) is 54.3 Å². The maximum absolute atomic E-state index is 12.3. The van der Waals surface area contributed by atoms with Crippen molar-refractivity contribution in [3.63, 3.8) is 0 Å². The summed E-state index contributed by atoms with van der Waals surface area (Å²) >= 11 is 4.49. The van der Waals surface area contributed by atoms with Crippen molar-refractivity contribution >= 4 is 62.0 Å². The summed E-state index contributed by atoms with van der Waals surface area (Å²) in [6.07, 6.45) is 0.959. The summed E-state index contributed by atoms with van der Waals surface area (Å²) in [5, 5.41) is 15.1. The molecule has 0 saturated heterocycles. The van der Waals surface area contributed by atoms with Gasteiger partial charge in [0.2, 0.25) is 11.0 Å². The summed E-state index contributed by atoms with van der Waals surface area (Å²) < 4.78 is 6.20. The molecule has 4 aromatic rings. The van der Waals surface area contributed by atoms with Gasteiger partial charge >= 0.3 is 0 Å². The fraction of sp³-hybridized carbons (Fsp3) is 0.217. The number of rotatable bonds is 9. The Morgan fingerprint density at radius 2 is 1.94 bits per heavy atom. The van der Waals surface area contributed by atoms with Crippen molar-refractivity contribution < 1.29 is 9.53 Å². The Kier molecular flexibility index (Phi) is 7.58. The van der Waals surface area contributed by atoms with E-state index in [9.17, 15) is 4.79 Å². The fourth-order valence-electron chi connectivity index (χ4n) is 3.09. The molecule has 2 heterocycles. The highest BCUT2D eigenvalue weighted by Crippen LogP contribution is 2.34. The second-order valence-electron chi connectivity index (χ2n) is 6.98. The highest BCUT2D eigenvalue weighted by atomic mass is 32.2. The number of ether oxygens (including phenoxy) is 1.